The normalized spacial score (nSPS) is 20.6. The van der Waals surface area contributed by atoms with Crippen LogP contribution in [-0.2, 0) is 41.7 Å². The van der Waals surface area contributed by atoms with Crippen molar-refractivity contribution in [3.8, 4) is 0 Å². The third kappa shape index (κ3) is 12.8. The third-order valence-corrected chi connectivity index (χ3v) is 11.8. The zero-order chi connectivity index (χ0) is 44.6. The summed E-state index contributed by atoms with van der Waals surface area (Å²) in [5, 5.41) is 11.1. The van der Waals surface area contributed by atoms with E-state index in [4.69, 9.17) is 4.74 Å². The van der Waals surface area contributed by atoms with Gasteiger partial charge in [0.05, 0.1) is 18.6 Å². The van der Waals surface area contributed by atoms with Crippen LogP contribution in [0.25, 0.3) is 0 Å². The second-order valence-corrected chi connectivity index (χ2v) is 19.5. The summed E-state index contributed by atoms with van der Waals surface area (Å²) >= 11 is 0. The van der Waals surface area contributed by atoms with Crippen LogP contribution < -0.4 is 21.3 Å². The zero-order valence-electron chi connectivity index (χ0n) is 37.3. The molecule has 332 valence electrons. The number of hydrogen-bond donors (Lipinski definition) is 4. The molecule has 15 heteroatoms. The molecule has 15 nitrogen and oxygen atoms in total. The van der Waals surface area contributed by atoms with Crippen molar-refractivity contribution in [3.63, 3.8) is 0 Å². The molecule has 2 saturated heterocycles. The summed E-state index contributed by atoms with van der Waals surface area (Å²) in [6.45, 7) is 22.5. The van der Waals surface area contributed by atoms with E-state index >= 15 is 0 Å². The van der Waals surface area contributed by atoms with Gasteiger partial charge in [-0.2, -0.15) is 0 Å². The van der Waals surface area contributed by atoms with Crippen LogP contribution in [-0.4, -0.2) is 119 Å². The summed E-state index contributed by atoms with van der Waals surface area (Å²) in [5.41, 5.74) is 0.761. The lowest BCUT2D eigenvalue weighted by atomic mass is 9.81. The number of fused-ring (bicyclic) bond motifs is 1. The number of nitrogens with zero attached hydrogens (tertiary/aromatic N) is 3. The van der Waals surface area contributed by atoms with Crippen molar-refractivity contribution in [1.82, 2.24) is 36.0 Å². The highest BCUT2D eigenvalue weighted by molar-refractivity contribution is 6.38. The minimum Gasteiger partial charge on any atom is -0.444 e. The molecule has 3 aliphatic heterocycles. The molecule has 3 heterocycles. The number of ether oxygens (including phenoxy) is 1. The number of piperidine rings is 1. The first-order valence-corrected chi connectivity index (χ1v) is 21.5. The maximum Gasteiger partial charge on any atom is 0.410 e. The average Bonchev–Trinajstić information content (AvgIpc) is 3.60. The maximum atomic E-state index is 14.8. The van der Waals surface area contributed by atoms with Gasteiger partial charge in [-0.1, -0.05) is 105 Å². The minimum absolute atomic E-state index is 0.0280. The number of ketones is 1. The number of nitrogens with one attached hydrogen (secondary N) is 4. The van der Waals surface area contributed by atoms with Gasteiger partial charge in [-0.15, -0.1) is 6.58 Å². The SMILES string of the molecule is C=CCNC(=O)C(=O)C(CCCC)NC(=O)[C@@H]1CC(OC(=O)N2CCc3ccccc3C2)CN1C(=O)[C@@H](NC(=O)N[C@H](CN1CCC(C)(C)CC1=O)C(C)(C)C)C(C)(C)C. The molecule has 0 spiro atoms. The van der Waals surface area contributed by atoms with Crippen LogP contribution >= 0.6 is 0 Å². The van der Waals surface area contributed by atoms with Crippen molar-refractivity contribution >= 4 is 41.5 Å². The van der Waals surface area contributed by atoms with E-state index in [0.29, 0.717) is 51.9 Å². The Bertz CT molecular complexity index is 1770. The van der Waals surface area contributed by atoms with Crippen LogP contribution in [0.3, 0.4) is 0 Å². The smallest absolute Gasteiger partial charge is 0.410 e. The van der Waals surface area contributed by atoms with E-state index in [1.54, 1.807) is 30.6 Å². The largest absolute Gasteiger partial charge is 0.444 e. The van der Waals surface area contributed by atoms with Crippen molar-refractivity contribution in [3.05, 3.63) is 48.0 Å². The molecular formula is C45H69N7O8. The fourth-order valence-corrected chi connectivity index (χ4v) is 7.87. The second-order valence-electron chi connectivity index (χ2n) is 19.5. The fourth-order valence-electron chi connectivity index (χ4n) is 7.87. The number of urea groups is 1. The molecule has 1 aromatic rings. The van der Waals surface area contributed by atoms with Gasteiger partial charge in [0, 0.05) is 45.6 Å². The quantitative estimate of drug-likeness (QED) is 0.147. The van der Waals surface area contributed by atoms with Gasteiger partial charge in [-0.25, -0.2) is 9.59 Å². The maximum absolute atomic E-state index is 14.8. The molecule has 1 aromatic carbocycles. The molecule has 0 aliphatic carbocycles. The first kappa shape index (κ1) is 47.7. The number of hydrogen-bond acceptors (Lipinski definition) is 8. The fraction of sp³-hybridized carbons (Fsp3) is 0.667. The lowest BCUT2D eigenvalue weighted by Gasteiger charge is -2.41. The van der Waals surface area contributed by atoms with Crippen LogP contribution in [0.5, 0.6) is 0 Å². The van der Waals surface area contributed by atoms with Crippen LogP contribution in [0, 0.1) is 16.2 Å². The van der Waals surface area contributed by atoms with Crippen LogP contribution in [0.1, 0.15) is 112 Å². The molecule has 5 atom stereocenters. The van der Waals surface area contributed by atoms with Gasteiger partial charge in [0.2, 0.25) is 23.5 Å². The van der Waals surface area contributed by atoms with E-state index in [-0.39, 0.29) is 37.3 Å². The van der Waals surface area contributed by atoms with Crippen LogP contribution in [0.2, 0.25) is 0 Å². The van der Waals surface area contributed by atoms with E-state index in [2.05, 4.69) is 41.7 Å². The first-order valence-electron chi connectivity index (χ1n) is 21.5. The number of Topliss-reactive ketones (excluding diaryl/α,β-unsaturated/α-hetero) is 1. The first-order chi connectivity index (χ1) is 28.0. The molecule has 60 heavy (non-hydrogen) atoms. The summed E-state index contributed by atoms with van der Waals surface area (Å²) in [6, 6.07) is 3.28. The highest BCUT2D eigenvalue weighted by atomic mass is 16.6. The number of carbonyl (C=O) groups is 7. The van der Waals surface area contributed by atoms with E-state index in [1.165, 1.54) is 11.0 Å². The number of benzene rings is 1. The van der Waals surface area contributed by atoms with Gasteiger partial charge in [0.25, 0.3) is 5.91 Å². The monoisotopic (exact) mass is 836 g/mol. The van der Waals surface area contributed by atoms with Crippen molar-refractivity contribution < 1.29 is 38.3 Å². The van der Waals surface area contributed by atoms with E-state index in [1.807, 2.05) is 52.0 Å². The van der Waals surface area contributed by atoms with Gasteiger partial charge in [-0.3, -0.25) is 24.0 Å². The van der Waals surface area contributed by atoms with Gasteiger partial charge in [0.1, 0.15) is 18.2 Å². The summed E-state index contributed by atoms with van der Waals surface area (Å²) in [6.07, 6.45) is 3.26. The third-order valence-electron chi connectivity index (χ3n) is 11.8. The molecule has 0 bridgehead atoms. The lowest BCUT2D eigenvalue weighted by molar-refractivity contribution is -0.143. The Balaban J connectivity index is 1.58. The van der Waals surface area contributed by atoms with E-state index in [0.717, 1.165) is 17.5 Å². The van der Waals surface area contributed by atoms with Gasteiger partial charge in [-0.05, 0) is 46.6 Å². The minimum atomic E-state index is -1.20. The van der Waals surface area contributed by atoms with Crippen LogP contribution in [0.4, 0.5) is 9.59 Å². The van der Waals surface area contributed by atoms with Crippen LogP contribution in [0.15, 0.2) is 36.9 Å². The number of rotatable bonds is 15. The van der Waals surface area contributed by atoms with E-state index < -0.39 is 76.7 Å². The van der Waals surface area contributed by atoms with Crippen molar-refractivity contribution in [2.75, 3.05) is 32.7 Å². The topological polar surface area (TPSA) is 187 Å². The average molecular weight is 836 g/mol. The van der Waals surface area contributed by atoms with Gasteiger partial charge in [0.15, 0.2) is 0 Å². The highest BCUT2D eigenvalue weighted by Gasteiger charge is 2.47. The highest BCUT2D eigenvalue weighted by Crippen LogP contribution is 2.32. The molecule has 4 rings (SSSR count). The Kier molecular flexibility index (Phi) is 16.0. The standard InChI is InChI=1S/C45H69N7O8/c1-11-13-18-32(36(54)39(56)46-21-12-2)47-38(55)33-24-31(60-42(59)51-22-19-29-16-14-15-17-30(29)26-51)27-52(33)40(57)37(44(6,7)8)49-41(58)48-34(43(3,4)5)28-50-23-20-45(9,10)25-35(50)53/h12,14-17,31-34,37H,2,11,13,18-28H2,1,3-10H3,(H,46,56)(H,47,55)(H2,48,49,58)/t31?,32?,33-,34+,37+/m0/s1. The molecule has 7 amide bonds. The Hall–Kier alpha value is -4.95. The molecule has 0 aromatic heterocycles. The molecule has 2 unspecified atom stereocenters. The molecule has 0 saturated carbocycles. The van der Waals surface area contributed by atoms with Crippen molar-refractivity contribution in [1.29, 1.82) is 0 Å². The predicted octanol–water partition coefficient (Wildman–Crippen LogP) is 4.47. The summed E-state index contributed by atoms with van der Waals surface area (Å²) < 4.78 is 6.00. The molecule has 3 aliphatic rings. The van der Waals surface area contributed by atoms with Gasteiger partial charge < -0.3 is 40.7 Å². The number of likely N-dealkylation sites (tertiary alicyclic amines) is 2. The Morgan fingerprint density at radius 1 is 0.967 bits per heavy atom. The van der Waals surface area contributed by atoms with Crippen molar-refractivity contribution in [2.24, 2.45) is 16.2 Å². The molecule has 4 N–H and O–H groups in total. The number of amides is 7. The van der Waals surface area contributed by atoms with E-state index in [9.17, 15) is 33.6 Å². The summed E-state index contributed by atoms with van der Waals surface area (Å²) in [7, 11) is 0. The zero-order valence-corrected chi connectivity index (χ0v) is 37.3. The summed E-state index contributed by atoms with van der Waals surface area (Å²) in [5.74, 6) is -2.92. The molecular weight excluding hydrogens is 767 g/mol. The molecule has 0 radical (unpaired) electrons. The number of carbonyl (C=O) groups excluding carboxylic acids is 7. The Labute approximate surface area is 356 Å². The van der Waals surface area contributed by atoms with Crippen molar-refractivity contribution in [2.45, 2.75) is 144 Å². The Morgan fingerprint density at radius 3 is 2.27 bits per heavy atom. The lowest BCUT2D eigenvalue weighted by Crippen LogP contribution is -2.62. The second kappa shape index (κ2) is 20.1. The summed E-state index contributed by atoms with van der Waals surface area (Å²) in [4.78, 5) is 100. The Morgan fingerprint density at radius 2 is 1.65 bits per heavy atom. The predicted molar refractivity (Wildman–Crippen MR) is 228 cm³/mol. The van der Waals surface area contributed by atoms with Gasteiger partial charge >= 0.3 is 12.1 Å². The number of unbranched alkanes of at least 4 members (excludes halogenated alkanes) is 1. The molecule has 2 fully saturated rings.